The fraction of sp³-hybridized carbons (Fsp3) is 0.533. The molecule has 0 saturated carbocycles. The predicted molar refractivity (Wildman–Crippen MR) is 77.7 cm³/mol. The minimum absolute atomic E-state index is 0.00690. The number of carbonyl (C=O) groups excluding carboxylic acids is 1. The number of carbonyl (C=O) groups is 1. The van der Waals surface area contributed by atoms with E-state index in [0.717, 1.165) is 17.4 Å². The van der Waals surface area contributed by atoms with Gasteiger partial charge in [0.1, 0.15) is 6.29 Å². The lowest BCUT2D eigenvalue weighted by molar-refractivity contribution is -0.108. The maximum atomic E-state index is 10.8. The quantitative estimate of drug-likeness (QED) is 0.735. The molecule has 1 unspecified atom stereocenters. The molecule has 0 aliphatic rings. The molecular formula is C15H21ClO3. The largest absolute Gasteiger partial charge is 0.493 e. The highest BCUT2D eigenvalue weighted by molar-refractivity contribution is 6.32. The molecule has 0 N–H and O–H groups in total. The number of hydrogen-bond acceptors (Lipinski definition) is 3. The third-order valence-electron chi connectivity index (χ3n) is 3.23. The number of aldehydes is 1. The van der Waals surface area contributed by atoms with Crippen molar-refractivity contribution in [2.75, 3.05) is 14.2 Å². The van der Waals surface area contributed by atoms with Crippen LogP contribution in [0.1, 0.15) is 50.2 Å². The van der Waals surface area contributed by atoms with Crippen molar-refractivity contribution in [3.8, 4) is 11.5 Å². The van der Waals surface area contributed by atoms with Gasteiger partial charge in [-0.1, -0.05) is 32.4 Å². The maximum Gasteiger partial charge on any atom is 0.165 e. The minimum Gasteiger partial charge on any atom is -0.493 e. The standard InChI is InChI=1S/C15H21ClO3/c1-9(2)11-8-12(18-4)15(19-5)13(14(11)16)10(3)6-7-17/h7-10H,6H2,1-5H3. The zero-order valence-corrected chi connectivity index (χ0v) is 12.9. The summed E-state index contributed by atoms with van der Waals surface area (Å²) in [5, 5.41) is 0.669. The summed E-state index contributed by atoms with van der Waals surface area (Å²) in [7, 11) is 3.18. The van der Waals surface area contributed by atoms with Crippen LogP contribution in [0.25, 0.3) is 0 Å². The second kappa shape index (κ2) is 6.80. The van der Waals surface area contributed by atoms with Gasteiger partial charge in [0.15, 0.2) is 11.5 Å². The molecule has 0 amide bonds. The van der Waals surface area contributed by atoms with E-state index in [1.54, 1.807) is 14.2 Å². The van der Waals surface area contributed by atoms with E-state index in [2.05, 4.69) is 13.8 Å². The van der Waals surface area contributed by atoms with Crippen LogP contribution in [-0.2, 0) is 4.79 Å². The van der Waals surface area contributed by atoms with Crippen molar-refractivity contribution in [2.24, 2.45) is 0 Å². The molecule has 0 heterocycles. The molecule has 1 aromatic carbocycles. The van der Waals surface area contributed by atoms with Crippen molar-refractivity contribution in [3.63, 3.8) is 0 Å². The van der Waals surface area contributed by atoms with E-state index in [0.29, 0.717) is 22.9 Å². The maximum absolute atomic E-state index is 10.8. The van der Waals surface area contributed by atoms with E-state index < -0.39 is 0 Å². The van der Waals surface area contributed by atoms with Crippen LogP contribution in [0.4, 0.5) is 0 Å². The summed E-state index contributed by atoms with van der Waals surface area (Å²) in [5.41, 5.74) is 1.85. The fourth-order valence-electron chi connectivity index (χ4n) is 2.14. The lowest BCUT2D eigenvalue weighted by Crippen LogP contribution is -2.05. The second-order valence-electron chi connectivity index (χ2n) is 4.89. The molecular weight excluding hydrogens is 264 g/mol. The van der Waals surface area contributed by atoms with Gasteiger partial charge in [0.2, 0.25) is 0 Å². The number of ether oxygens (including phenoxy) is 2. The summed E-state index contributed by atoms with van der Waals surface area (Å²) >= 11 is 6.50. The molecule has 0 aromatic heterocycles. The Morgan fingerprint density at radius 3 is 2.32 bits per heavy atom. The molecule has 0 saturated heterocycles. The van der Waals surface area contributed by atoms with Crippen molar-refractivity contribution < 1.29 is 14.3 Å². The molecule has 1 aromatic rings. The summed E-state index contributed by atoms with van der Waals surface area (Å²) in [6.07, 6.45) is 1.30. The molecule has 1 atom stereocenters. The van der Waals surface area contributed by atoms with Gasteiger partial charge in [-0.15, -0.1) is 0 Å². The van der Waals surface area contributed by atoms with Gasteiger partial charge in [-0.25, -0.2) is 0 Å². The van der Waals surface area contributed by atoms with Crippen molar-refractivity contribution in [3.05, 3.63) is 22.2 Å². The molecule has 4 heteroatoms. The first kappa shape index (κ1) is 15.8. The van der Waals surface area contributed by atoms with E-state index in [1.165, 1.54) is 0 Å². The topological polar surface area (TPSA) is 35.5 Å². The van der Waals surface area contributed by atoms with Gasteiger partial charge in [-0.3, -0.25) is 0 Å². The Labute approximate surface area is 119 Å². The van der Waals surface area contributed by atoms with Crippen LogP contribution < -0.4 is 9.47 Å². The number of halogens is 1. The molecule has 0 aliphatic heterocycles. The third-order valence-corrected chi connectivity index (χ3v) is 3.66. The fourth-order valence-corrected chi connectivity index (χ4v) is 2.69. The van der Waals surface area contributed by atoms with Crippen LogP contribution in [0.2, 0.25) is 5.02 Å². The number of hydrogen-bond donors (Lipinski definition) is 0. The Morgan fingerprint density at radius 1 is 1.26 bits per heavy atom. The van der Waals surface area contributed by atoms with E-state index in [-0.39, 0.29) is 11.8 Å². The summed E-state index contributed by atoms with van der Waals surface area (Å²) < 4.78 is 10.8. The zero-order valence-electron chi connectivity index (χ0n) is 12.1. The molecule has 1 rings (SSSR count). The number of rotatable bonds is 6. The van der Waals surface area contributed by atoms with E-state index in [4.69, 9.17) is 21.1 Å². The Balaban J connectivity index is 3.54. The van der Waals surface area contributed by atoms with E-state index >= 15 is 0 Å². The molecule has 0 fully saturated rings. The smallest absolute Gasteiger partial charge is 0.165 e. The average Bonchev–Trinajstić information content (AvgIpc) is 2.37. The second-order valence-corrected chi connectivity index (χ2v) is 5.27. The van der Waals surface area contributed by atoms with Gasteiger partial charge in [0.05, 0.1) is 19.2 Å². The summed E-state index contributed by atoms with van der Waals surface area (Å²) in [6.45, 7) is 6.10. The van der Waals surface area contributed by atoms with E-state index in [9.17, 15) is 4.79 Å². The number of benzene rings is 1. The highest BCUT2D eigenvalue weighted by Gasteiger charge is 2.23. The highest BCUT2D eigenvalue weighted by atomic mass is 35.5. The van der Waals surface area contributed by atoms with Crippen molar-refractivity contribution in [1.82, 2.24) is 0 Å². The SMILES string of the molecule is COc1cc(C(C)C)c(Cl)c(C(C)CC=O)c1OC. The van der Waals surface area contributed by atoms with Crippen LogP contribution in [0.3, 0.4) is 0 Å². The van der Waals surface area contributed by atoms with Crippen molar-refractivity contribution >= 4 is 17.9 Å². The van der Waals surface area contributed by atoms with Crippen LogP contribution in [0.5, 0.6) is 11.5 Å². The van der Waals surface area contributed by atoms with Gasteiger partial charge in [-0.2, -0.15) is 0 Å². The monoisotopic (exact) mass is 284 g/mol. The van der Waals surface area contributed by atoms with Gasteiger partial charge >= 0.3 is 0 Å². The molecule has 0 radical (unpaired) electrons. The highest BCUT2D eigenvalue weighted by Crippen LogP contribution is 2.45. The van der Waals surface area contributed by atoms with Gasteiger partial charge in [-0.05, 0) is 23.5 Å². The summed E-state index contributed by atoms with van der Waals surface area (Å²) in [5.74, 6) is 1.54. The first-order valence-electron chi connectivity index (χ1n) is 6.35. The van der Waals surface area contributed by atoms with Crippen LogP contribution >= 0.6 is 11.6 Å². The van der Waals surface area contributed by atoms with Crippen LogP contribution in [0.15, 0.2) is 6.07 Å². The van der Waals surface area contributed by atoms with E-state index in [1.807, 2.05) is 13.0 Å². The van der Waals surface area contributed by atoms with Crippen molar-refractivity contribution in [1.29, 1.82) is 0 Å². The van der Waals surface area contributed by atoms with Gasteiger partial charge in [0, 0.05) is 12.0 Å². The zero-order chi connectivity index (χ0) is 14.6. The Hall–Kier alpha value is -1.22. The minimum atomic E-state index is -0.00690. The summed E-state index contributed by atoms with van der Waals surface area (Å²) in [6, 6.07) is 1.91. The first-order valence-corrected chi connectivity index (χ1v) is 6.73. The molecule has 0 aliphatic carbocycles. The first-order chi connectivity index (χ1) is 8.97. The average molecular weight is 285 g/mol. The van der Waals surface area contributed by atoms with Crippen molar-refractivity contribution in [2.45, 2.75) is 39.0 Å². The third kappa shape index (κ3) is 3.21. The lowest BCUT2D eigenvalue weighted by Gasteiger charge is -2.22. The number of methoxy groups -OCH3 is 2. The van der Waals surface area contributed by atoms with Crippen LogP contribution in [0, 0.1) is 0 Å². The Morgan fingerprint density at radius 2 is 1.89 bits per heavy atom. The summed E-state index contributed by atoms with van der Waals surface area (Å²) in [4.78, 5) is 10.8. The molecule has 0 bridgehead atoms. The molecule has 19 heavy (non-hydrogen) atoms. The Bertz CT molecular complexity index is 455. The normalized spacial score (nSPS) is 12.4. The molecule has 106 valence electrons. The molecule has 0 spiro atoms. The van der Waals surface area contributed by atoms with Gasteiger partial charge in [0.25, 0.3) is 0 Å². The van der Waals surface area contributed by atoms with Gasteiger partial charge < -0.3 is 14.3 Å². The lowest BCUT2D eigenvalue weighted by atomic mass is 9.91. The Kier molecular flexibility index (Phi) is 5.67. The molecule has 3 nitrogen and oxygen atoms in total. The predicted octanol–water partition coefficient (Wildman–Crippen LogP) is 4.17. The van der Waals surface area contributed by atoms with Crippen LogP contribution in [-0.4, -0.2) is 20.5 Å².